The van der Waals surface area contributed by atoms with E-state index in [1.54, 1.807) is 13.2 Å². The van der Waals surface area contributed by atoms with Crippen LogP contribution in [0, 0.1) is 0 Å². The molecule has 0 amide bonds. The molecule has 0 bridgehead atoms. The third kappa shape index (κ3) is 1.60. The number of methoxy groups -OCH3 is 1. The number of hydrogen-bond donors (Lipinski definition) is 2. The van der Waals surface area contributed by atoms with Crippen molar-refractivity contribution in [1.29, 1.82) is 0 Å². The largest absolute Gasteiger partial charge is 0.504 e. The van der Waals surface area contributed by atoms with Crippen LogP contribution in [-0.2, 0) is 0 Å². The lowest BCUT2D eigenvalue weighted by atomic mass is 9.97. The molecule has 1 heterocycles. The molecule has 1 aromatic carbocycles. The predicted molar refractivity (Wildman–Crippen MR) is 57.7 cm³/mol. The van der Waals surface area contributed by atoms with Crippen molar-refractivity contribution in [2.75, 3.05) is 13.7 Å². The van der Waals surface area contributed by atoms with Crippen LogP contribution in [0.15, 0.2) is 16.6 Å². The Bertz CT molecular complexity index is 350. The summed E-state index contributed by atoms with van der Waals surface area (Å²) in [5.74, 6) is 0.760. The van der Waals surface area contributed by atoms with Crippen LogP contribution in [0.25, 0.3) is 0 Å². The number of aromatic hydroxyl groups is 1. The van der Waals surface area contributed by atoms with Gasteiger partial charge in [0.15, 0.2) is 11.5 Å². The fraction of sp³-hybridized carbons (Fsp3) is 0.400. The molecular formula is C10H12BrNO2. The Morgan fingerprint density at radius 1 is 1.57 bits per heavy atom. The number of hydrogen-bond acceptors (Lipinski definition) is 3. The van der Waals surface area contributed by atoms with Gasteiger partial charge in [-0.05, 0) is 25.1 Å². The third-order valence-corrected chi connectivity index (χ3v) is 2.95. The smallest absolute Gasteiger partial charge is 0.162 e. The van der Waals surface area contributed by atoms with E-state index in [4.69, 9.17) is 4.74 Å². The number of benzene rings is 1. The van der Waals surface area contributed by atoms with Crippen molar-refractivity contribution in [3.8, 4) is 11.5 Å². The van der Waals surface area contributed by atoms with E-state index in [0.717, 1.165) is 23.0 Å². The van der Waals surface area contributed by atoms with Gasteiger partial charge in [0.25, 0.3) is 0 Å². The summed E-state index contributed by atoms with van der Waals surface area (Å²) in [6.45, 7) is 1.01. The average molecular weight is 258 g/mol. The topological polar surface area (TPSA) is 41.5 Å². The minimum absolute atomic E-state index is 0.243. The monoisotopic (exact) mass is 257 g/mol. The molecule has 3 nitrogen and oxygen atoms in total. The van der Waals surface area contributed by atoms with Crippen LogP contribution >= 0.6 is 15.9 Å². The van der Waals surface area contributed by atoms with E-state index in [9.17, 15) is 5.11 Å². The summed E-state index contributed by atoms with van der Waals surface area (Å²) in [5, 5.41) is 13.1. The Morgan fingerprint density at radius 3 is 2.79 bits per heavy atom. The Hall–Kier alpha value is -0.740. The Kier molecular flexibility index (Phi) is 2.65. The van der Waals surface area contributed by atoms with Gasteiger partial charge in [0.1, 0.15) is 0 Å². The Morgan fingerprint density at radius 2 is 2.29 bits per heavy atom. The highest BCUT2D eigenvalue weighted by molar-refractivity contribution is 9.10. The van der Waals surface area contributed by atoms with E-state index in [1.807, 2.05) is 6.07 Å². The van der Waals surface area contributed by atoms with Crippen LogP contribution in [0.4, 0.5) is 0 Å². The van der Waals surface area contributed by atoms with Crippen molar-refractivity contribution in [2.45, 2.75) is 12.5 Å². The van der Waals surface area contributed by atoms with Crippen molar-refractivity contribution in [2.24, 2.45) is 0 Å². The van der Waals surface area contributed by atoms with Gasteiger partial charge < -0.3 is 15.2 Å². The van der Waals surface area contributed by atoms with E-state index in [0.29, 0.717) is 5.75 Å². The summed E-state index contributed by atoms with van der Waals surface area (Å²) < 4.78 is 6.00. The third-order valence-electron chi connectivity index (χ3n) is 2.49. The molecule has 1 aromatic rings. The minimum atomic E-state index is 0.243. The van der Waals surface area contributed by atoms with Crippen LogP contribution < -0.4 is 10.1 Å². The highest BCUT2D eigenvalue weighted by atomic mass is 79.9. The maximum absolute atomic E-state index is 9.86. The maximum atomic E-state index is 9.86. The fourth-order valence-electron chi connectivity index (χ4n) is 1.57. The van der Waals surface area contributed by atoms with Crippen LogP contribution in [-0.4, -0.2) is 18.8 Å². The first kappa shape index (κ1) is 9.80. The number of halogens is 1. The standard InChI is InChI=1S/C10H12BrNO2/c1-14-9-5-6(11)4-7(10(9)13)8-2-3-12-8/h4-5,8,12-13H,2-3H2,1H3/t8-/m1/s1. The van der Waals surface area contributed by atoms with Crippen LogP contribution in [0.1, 0.15) is 18.0 Å². The van der Waals surface area contributed by atoms with Crippen molar-refractivity contribution in [3.05, 3.63) is 22.2 Å². The first-order chi connectivity index (χ1) is 6.72. The van der Waals surface area contributed by atoms with Gasteiger partial charge in [-0.3, -0.25) is 0 Å². The van der Waals surface area contributed by atoms with E-state index in [2.05, 4.69) is 21.2 Å². The molecule has 0 unspecified atom stereocenters. The highest BCUT2D eigenvalue weighted by Gasteiger charge is 2.23. The van der Waals surface area contributed by atoms with Crippen LogP contribution in [0.2, 0.25) is 0 Å². The molecule has 2 rings (SSSR count). The molecule has 1 aliphatic rings. The lowest BCUT2D eigenvalue weighted by molar-refractivity contribution is 0.341. The molecule has 0 aliphatic carbocycles. The average Bonchev–Trinajstić information content (AvgIpc) is 2.07. The molecule has 14 heavy (non-hydrogen) atoms. The second kappa shape index (κ2) is 3.79. The zero-order chi connectivity index (χ0) is 10.1. The lowest BCUT2D eigenvalue weighted by Gasteiger charge is -2.29. The quantitative estimate of drug-likeness (QED) is 0.854. The zero-order valence-electron chi connectivity index (χ0n) is 7.88. The summed E-state index contributed by atoms with van der Waals surface area (Å²) in [7, 11) is 1.56. The molecule has 0 spiro atoms. The van der Waals surface area contributed by atoms with Crippen LogP contribution in [0.3, 0.4) is 0 Å². The number of phenolic OH excluding ortho intramolecular Hbond substituents is 1. The van der Waals surface area contributed by atoms with Gasteiger partial charge in [-0.15, -0.1) is 0 Å². The molecular weight excluding hydrogens is 246 g/mol. The predicted octanol–water partition coefficient (Wildman–Crippen LogP) is 2.20. The summed E-state index contributed by atoms with van der Waals surface area (Å²) >= 11 is 3.39. The van der Waals surface area contributed by atoms with Gasteiger partial charge in [0, 0.05) is 16.1 Å². The first-order valence-corrected chi connectivity index (χ1v) is 5.31. The van der Waals surface area contributed by atoms with Crippen molar-refractivity contribution < 1.29 is 9.84 Å². The molecule has 1 atom stereocenters. The summed E-state index contributed by atoms with van der Waals surface area (Å²) in [4.78, 5) is 0. The van der Waals surface area contributed by atoms with Gasteiger partial charge >= 0.3 is 0 Å². The van der Waals surface area contributed by atoms with Crippen molar-refractivity contribution in [1.82, 2.24) is 5.32 Å². The molecule has 0 saturated carbocycles. The van der Waals surface area contributed by atoms with Gasteiger partial charge in [-0.1, -0.05) is 15.9 Å². The van der Waals surface area contributed by atoms with E-state index >= 15 is 0 Å². The van der Waals surface area contributed by atoms with Crippen molar-refractivity contribution >= 4 is 15.9 Å². The summed E-state index contributed by atoms with van der Waals surface area (Å²) in [6, 6.07) is 3.95. The lowest BCUT2D eigenvalue weighted by Crippen LogP contribution is -2.34. The van der Waals surface area contributed by atoms with Gasteiger partial charge in [0.2, 0.25) is 0 Å². The van der Waals surface area contributed by atoms with Crippen LogP contribution in [0.5, 0.6) is 11.5 Å². The zero-order valence-corrected chi connectivity index (χ0v) is 9.47. The highest BCUT2D eigenvalue weighted by Crippen LogP contribution is 2.39. The number of ether oxygens (including phenoxy) is 1. The normalized spacial score (nSPS) is 20.3. The molecule has 1 fully saturated rings. The summed E-state index contributed by atoms with van der Waals surface area (Å²) in [6.07, 6.45) is 1.06. The molecule has 76 valence electrons. The first-order valence-electron chi connectivity index (χ1n) is 4.52. The molecule has 4 heteroatoms. The molecule has 1 aliphatic heterocycles. The number of phenols is 1. The second-order valence-corrected chi connectivity index (χ2v) is 4.26. The van der Waals surface area contributed by atoms with E-state index in [1.165, 1.54) is 0 Å². The Balaban J connectivity index is 2.41. The molecule has 0 radical (unpaired) electrons. The second-order valence-electron chi connectivity index (χ2n) is 3.34. The van der Waals surface area contributed by atoms with Gasteiger partial charge in [-0.2, -0.15) is 0 Å². The van der Waals surface area contributed by atoms with Crippen molar-refractivity contribution in [3.63, 3.8) is 0 Å². The maximum Gasteiger partial charge on any atom is 0.162 e. The fourth-order valence-corrected chi connectivity index (χ4v) is 2.02. The van der Waals surface area contributed by atoms with E-state index in [-0.39, 0.29) is 11.8 Å². The number of nitrogens with one attached hydrogen (secondary N) is 1. The molecule has 1 saturated heterocycles. The van der Waals surface area contributed by atoms with E-state index < -0.39 is 0 Å². The Labute approximate surface area is 91.2 Å². The molecule has 0 aromatic heterocycles. The van der Waals surface area contributed by atoms with Gasteiger partial charge in [-0.25, -0.2) is 0 Å². The van der Waals surface area contributed by atoms with Gasteiger partial charge in [0.05, 0.1) is 7.11 Å². The SMILES string of the molecule is COc1cc(Br)cc([C@H]2CCN2)c1O. The number of rotatable bonds is 2. The minimum Gasteiger partial charge on any atom is -0.504 e. The summed E-state index contributed by atoms with van der Waals surface area (Å²) in [5.41, 5.74) is 0.905. The molecule has 2 N–H and O–H groups in total.